The van der Waals surface area contributed by atoms with E-state index in [4.69, 9.17) is 4.42 Å². The quantitative estimate of drug-likeness (QED) is 0.641. The Balaban J connectivity index is 1.45. The smallest absolute Gasteiger partial charge is 0.287 e. The lowest BCUT2D eigenvalue weighted by Crippen LogP contribution is -2.38. The number of benzene rings is 1. The number of hydrogen-bond acceptors (Lipinski definition) is 5. The second kappa shape index (κ2) is 9.73. The molecular weight excluding hydrogens is 392 g/mol. The maximum absolute atomic E-state index is 12.4. The third kappa shape index (κ3) is 5.93. The monoisotopic (exact) mass is 418 g/mol. The molecule has 1 saturated carbocycles. The highest BCUT2D eigenvalue weighted by Crippen LogP contribution is 2.23. The normalized spacial score (nSPS) is 15.0. The van der Waals surface area contributed by atoms with Crippen LogP contribution in [0.5, 0.6) is 0 Å². The van der Waals surface area contributed by atoms with E-state index in [0.717, 1.165) is 25.7 Å². The lowest BCUT2D eigenvalue weighted by Gasteiger charge is -2.20. The predicted octanol–water partition coefficient (Wildman–Crippen LogP) is 2.68. The molecule has 1 aromatic heterocycles. The minimum atomic E-state index is -3.54. The van der Waals surface area contributed by atoms with E-state index in [0.29, 0.717) is 6.54 Å². The molecule has 0 bridgehead atoms. The molecule has 1 aromatic carbocycles. The van der Waals surface area contributed by atoms with Crippen molar-refractivity contribution in [2.45, 2.75) is 42.8 Å². The molecule has 2 aromatic rings. The fourth-order valence-electron chi connectivity index (χ4n) is 3.43. The van der Waals surface area contributed by atoms with Crippen molar-refractivity contribution in [1.29, 1.82) is 0 Å². The van der Waals surface area contributed by atoms with Crippen LogP contribution in [0.2, 0.25) is 0 Å². The summed E-state index contributed by atoms with van der Waals surface area (Å²) < 4.78 is 30.2. The maximum Gasteiger partial charge on any atom is 0.287 e. The van der Waals surface area contributed by atoms with Gasteiger partial charge in [0, 0.05) is 19.0 Å². The molecule has 0 spiro atoms. The Hall–Kier alpha value is -2.61. The highest BCUT2D eigenvalue weighted by atomic mass is 32.2. The van der Waals surface area contributed by atoms with Gasteiger partial charge in [0.05, 0.1) is 4.90 Å². The van der Waals surface area contributed by atoms with Crippen molar-refractivity contribution < 1.29 is 22.4 Å². The maximum atomic E-state index is 12.4. The van der Waals surface area contributed by atoms with Crippen LogP contribution in [0, 0.1) is 5.92 Å². The Kier molecular flexibility index (Phi) is 7.09. The first-order chi connectivity index (χ1) is 14.0. The van der Waals surface area contributed by atoms with E-state index in [1.54, 1.807) is 18.2 Å². The van der Waals surface area contributed by atoms with Gasteiger partial charge in [-0.2, -0.15) is 0 Å². The van der Waals surface area contributed by atoms with Crippen LogP contribution in [0.25, 0.3) is 0 Å². The van der Waals surface area contributed by atoms with Crippen molar-refractivity contribution in [3.8, 4) is 0 Å². The Morgan fingerprint density at radius 2 is 1.62 bits per heavy atom. The molecule has 0 saturated heterocycles. The van der Waals surface area contributed by atoms with Gasteiger partial charge in [-0.3, -0.25) is 9.59 Å². The third-order valence-corrected chi connectivity index (χ3v) is 6.66. The highest BCUT2D eigenvalue weighted by Gasteiger charge is 2.21. The van der Waals surface area contributed by atoms with Crippen molar-refractivity contribution in [3.63, 3.8) is 0 Å². The molecule has 0 aliphatic heterocycles. The topological polar surface area (TPSA) is 105 Å². The minimum absolute atomic E-state index is 0.0434. The number of sulfone groups is 1. The average molecular weight is 419 g/mol. The Bertz CT molecular complexity index is 931. The Labute approximate surface area is 170 Å². The largest absolute Gasteiger partial charge is 0.455 e. The van der Waals surface area contributed by atoms with Crippen LogP contribution >= 0.6 is 0 Å². The van der Waals surface area contributed by atoms with Crippen LogP contribution in [0.1, 0.15) is 48.4 Å². The van der Waals surface area contributed by atoms with E-state index in [1.807, 2.05) is 0 Å². The summed E-state index contributed by atoms with van der Waals surface area (Å²) in [5.74, 6) is -0.391. The number of nitrogens with one attached hydrogen (secondary N) is 2. The molecule has 0 unspecified atom stereocenters. The van der Waals surface area contributed by atoms with Gasteiger partial charge in [0.15, 0.2) is 15.6 Å². The van der Waals surface area contributed by atoms with Crippen molar-refractivity contribution in [1.82, 2.24) is 10.6 Å². The number of hydrogen-bond donors (Lipinski definition) is 2. The lowest BCUT2D eigenvalue weighted by molar-refractivity contribution is -0.125. The van der Waals surface area contributed by atoms with Crippen LogP contribution in [0.4, 0.5) is 0 Å². The number of carbonyl (C=O) groups is 2. The Morgan fingerprint density at radius 1 is 0.931 bits per heavy atom. The summed E-state index contributed by atoms with van der Waals surface area (Å²) in [7, 11) is -3.54. The summed E-state index contributed by atoms with van der Waals surface area (Å²) in [6.45, 7) is 0.618. The lowest BCUT2D eigenvalue weighted by atomic mass is 9.89. The number of carbonyl (C=O) groups excluding carboxylic acids is 2. The Morgan fingerprint density at radius 3 is 2.34 bits per heavy atom. The molecule has 1 aliphatic rings. The van der Waals surface area contributed by atoms with E-state index >= 15 is 0 Å². The van der Waals surface area contributed by atoms with Gasteiger partial charge in [-0.05, 0) is 37.1 Å². The summed E-state index contributed by atoms with van der Waals surface area (Å²) >= 11 is 0. The highest BCUT2D eigenvalue weighted by molar-refractivity contribution is 7.90. The van der Waals surface area contributed by atoms with Gasteiger partial charge in [-0.1, -0.05) is 37.5 Å². The van der Waals surface area contributed by atoms with Gasteiger partial charge in [-0.25, -0.2) is 8.42 Å². The van der Waals surface area contributed by atoms with E-state index in [1.165, 1.54) is 30.7 Å². The first kappa shape index (κ1) is 21.1. The standard InChI is InChI=1S/C21H26N2O5S/c24-20(16-7-3-1-4-8-16)22-13-14-23-21(25)19-12-11-17(28-19)15-29(26,27)18-9-5-2-6-10-18/h2,5-6,9-12,16H,1,3-4,7-8,13-15H2,(H,22,24)(H,23,25). The van der Waals surface area contributed by atoms with Gasteiger partial charge in [0.2, 0.25) is 5.91 Å². The summed E-state index contributed by atoms with van der Waals surface area (Å²) in [4.78, 5) is 24.4. The average Bonchev–Trinajstić information content (AvgIpc) is 3.20. The third-order valence-electron chi connectivity index (χ3n) is 5.01. The van der Waals surface area contributed by atoms with Crippen LogP contribution in [-0.2, 0) is 20.4 Å². The van der Waals surface area contributed by atoms with Gasteiger partial charge in [-0.15, -0.1) is 0 Å². The minimum Gasteiger partial charge on any atom is -0.455 e. The number of amides is 2. The van der Waals surface area contributed by atoms with Crippen molar-refractivity contribution in [3.05, 3.63) is 54.0 Å². The fraction of sp³-hybridized carbons (Fsp3) is 0.429. The molecule has 2 N–H and O–H groups in total. The van der Waals surface area contributed by atoms with E-state index in [9.17, 15) is 18.0 Å². The van der Waals surface area contributed by atoms with Crippen molar-refractivity contribution in [2.75, 3.05) is 13.1 Å². The van der Waals surface area contributed by atoms with E-state index in [-0.39, 0.29) is 40.5 Å². The van der Waals surface area contributed by atoms with Crippen LogP contribution in [0.3, 0.4) is 0 Å². The zero-order chi connectivity index (χ0) is 20.7. The molecule has 1 fully saturated rings. The van der Waals surface area contributed by atoms with Gasteiger partial charge in [0.1, 0.15) is 11.5 Å². The first-order valence-electron chi connectivity index (χ1n) is 9.88. The second-order valence-corrected chi connectivity index (χ2v) is 9.21. The molecule has 1 heterocycles. The molecule has 0 atom stereocenters. The zero-order valence-corrected chi connectivity index (χ0v) is 17.0. The zero-order valence-electron chi connectivity index (χ0n) is 16.2. The van der Waals surface area contributed by atoms with Crippen molar-refractivity contribution >= 4 is 21.7 Å². The van der Waals surface area contributed by atoms with Gasteiger partial charge in [0.25, 0.3) is 5.91 Å². The summed E-state index contributed by atoms with van der Waals surface area (Å²) in [5, 5.41) is 5.52. The first-order valence-corrected chi connectivity index (χ1v) is 11.5. The molecule has 3 rings (SSSR count). The van der Waals surface area contributed by atoms with Gasteiger partial charge >= 0.3 is 0 Å². The summed E-state index contributed by atoms with van der Waals surface area (Å²) in [6.07, 6.45) is 5.24. The van der Waals surface area contributed by atoms with Crippen LogP contribution < -0.4 is 10.6 Å². The van der Waals surface area contributed by atoms with Crippen molar-refractivity contribution in [2.24, 2.45) is 5.92 Å². The molecule has 8 heteroatoms. The molecule has 156 valence electrons. The van der Waals surface area contributed by atoms with E-state index < -0.39 is 15.7 Å². The van der Waals surface area contributed by atoms with E-state index in [2.05, 4.69) is 10.6 Å². The number of furan rings is 1. The summed E-state index contributed by atoms with van der Waals surface area (Å²) in [5.41, 5.74) is 0. The molecule has 7 nitrogen and oxygen atoms in total. The van der Waals surface area contributed by atoms with Crippen LogP contribution in [-0.4, -0.2) is 33.3 Å². The second-order valence-electron chi connectivity index (χ2n) is 7.22. The van der Waals surface area contributed by atoms with Crippen LogP contribution in [0.15, 0.2) is 51.8 Å². The molecule has 2 amide bonds. The molecular formula is C21H26N2O5S. The SMILES string of the molecule is O=C(NCCNC(=O)C1CCCCC1)c1ccc(CS(=O)(=O)c2ccccc2)o1. The molecule has 0 radical (unpaired) electrons. The molecule has 1 aliphatic carbocycles. The van der Waals surface area contributed by atoms with Gasteiger partial charge < -0.3 is 15.1 Å². The predicted molar refractivity (Wildman–Crippen MR) is 108 cm³/mol. The number of rotatable bonds is 8. The molecule has 29 heavy (non-hydrogen) atoms. The summed E-state index contributed by atoms with van der Waals surface area (Å²) in [6, 6.07) is 11.0. The fourth-order valence-corrected chi connectivity index (χ4v) is 4.70.